The predicted octanol–water partition coefficient (Wildman–Crippen LogP) is 3.14. The van der Waals surface area contributed by atoms with Crippen LogP contribution < -0.4 is 0 Å². The molecule has 2 aromatic rings. The molecule has 0 spiro atoms. The maximum absolute atomic E-state index is 8.79. The van der Waals surface area contributed by atoms with E-state index < -0.39 is 0 Å². The molecule has 3 nitrogen and oxygen atoms in total. The zero-order valence-corrected chi connectivity index (χ0v) is 9.09. The van der Waals surface area contributed by atoms with E-state index in [1.54, 1.807) is 30.3 Å². The van der Waals surface area contributed by atoms with E-state index in [0.29, 0.717) is 5.02 Å². The second-order valence-electron chi connectivity index (χ2n) is 2.97. The number of benzene rings is 2. The largest absolute Gasteiger partial charge is 0.508 e. The molecule has 4 heteroatoms. The highest BCUT2D eigenvalue weighted by molar-refractivity contribution is 6.31. The first-order valence-electron chi connectivity index (χ1n) is 4.51. The molecule has 2 rings (SSSR count). The van der Waals surface area contributed by atoms with Crippen molar-refractivity contribution in [2.45, 2.75) is 0 Å². The monoisotopic (exact) mass is 238 g/mol. The number of para-hydroxylation sites is 1. The van der Waals surface area contributed by atoms with Crippen LogP contribution in [0.2, 0.25) is 5.02 Å². The summed E-state index contributed by atoms with van der Waals surface area (Å²) in [5, 5.41) is 26.5. The highest BCUT2D eigenvalue weighted by Crippen LogP contribution is 2.20. The molecular weight excluding hydrogens is 228 g/mol. The lowest BCUT2D eigenvalue weighted by molar-refractivity contribution is 0.450. The van der Waals surface area contributed by atoms with E-state index in [1.165, 1.54) is 18.2 Å². The van der Waals surface area contributed by atoms with E-state index in [-0.39, 0.29) is 17.2 Å². The molecule has 0 amide bonds. The summed E-state index contributed by atoms with van der Waals surface area (Å²) in [6.07, 6.45) is 0. The quantitative estimate of drug-likeness (QED) is 0.661. The van der Waals surface area contributed by atoms with Crippen LogP contribution in [0.1, 0.15) is 0 Å². The van der Waals surface area contributed by atoms with Crippen LogP contribution in [0, 0.1) is 0 Å². The van der Waals surface area contributed by atoms with Crippen molar-refractivity contribution in [2.24, 2.45) is 0 Å². The maximum atomic E-state index is 8.79. The van der Waals surface area contributed by atoms with Crippen LogP contribution in [0.5, 0.6) is 17.2 Å². The smallest absolute Gasteiger partial charge is 0.134 e. The number of hydrogen-bond donors (Lipinski definition) is 3. The first-order valence-corrected chi connectivity index (χ1v) is 4.89. The van der Waals surface area contributed by atoms with Gasteiger partial charge in [0.15, 0.2) is 0 Å². The second kappa shape index (κ2) is 5.88. The van der Waals surface area contributed by atoms with Gasteiger partial charge in [-0.05, 0) is 24.3 Å². The molecule has 0 atom stereocenters. The Kier molecular flexibility index (Phi) is 4.48. The van der Waals surface area contributed by atoms with Crippen molar-refractivity contribution < 1.29 is 15.3 Å². The van der Waals surface area contributed by atoms with Gasteiger partial charge in [0.25, 0.3) is 0 Å². The summed E-state index contributed by atoms with van der Waals surface area (Å²) in [5.74, 6) is 0.309. The highest BCUT2D eigenvalue weighted by atomic mass is 35.5. The number of phenolic OH excluding ortho intramolecular Hbond substituents is 3. The number of halogens is 1. The summed E-state index contributed by atoms with van der Waals surface area (Å²) in [6.45, 7) is 0. The molecule has 0 bridgehead atoms. The molecule has 0 saturated carbocycles. The van der Waals surface area contributed by atoms with Crippen molar-refractivity contribution >= 4 is 11.6 Å². The van der Waals surface area contributed by atoms with Gasteiger partial charge in [0, 0.05) is 6.07 Å². The molecule has 0 aliphatic heterocycles. The highest BCUT2D eigenvalue weighted by Gasteiger charge is 1.89. The number of rotatable bonds is 0. The van der Waals surface area contributed by atoms with Crippen molar-refractivity contribution in [1.29, 1.82) is 0 Å². The molecule has 0 unspecified atom stereocenters. The van der Waals surface area contributed by atoms with Crippen LogP contribution in [0.3, 0.4) is 0 Å². The zero-order valence-electron chi connectivity index (χ0n) is 8.34. The van der Waals surface area contributed by atoms with Crippen molar-refractivity contribution in [2.75, 3.05) is 0 Å². The van der Waals surface area contributed by atoms with Crippen LogP contribution in [0.25, 0.3) is 0 Å². The minimum absolute atomic E-state index is 0.0880. The van der Waals surface area contributed by atoms with Crippen molar-refractivity contribution in [3.05, 3.63) is 53.6 Å². The summed E-state index contributed by atoms with van der Waals surface area (Å²) in [6, 6.07) is 12.5. The molecule has 0 radical (unpaired) electrons. The Morgan fingerprint density at radius 2 is 1.31 bits per heavy atom. The standard InChI is InChI=1S/C6H5ClO.C6H6O2/c7-5-3-1-2-4-6(5)8;7-5-2-1-3-6(8)4-5/h1-4,8H;1-4,7-8H. The van der Waals surface area contributed by atoms with E-state index in [9.17, 15) is 0 Å². The molecule has 0 fully saturated rings. The third kappa shape index (κ3) is 4.11. The minimum Gasteiger partial charge on any atom is -0.508 e. The maximum Gasteiger partial charge on any atom is 0.134 e. The molecule has 0 aromatic heterocycles. The van der Waals surface area contributed by atoms with Gasteiger partial charge in [-0.25, -0.2) is 0 Å². The minimum atomic E-state index is 0.0880. The molecule has 0 heterocycles. The molecular formula is C12H11ClO3. The van der Waals surface area contributed by atoms with E-state index in [1.807, 2.05) is 0 Å². The molecule has 0 aliphatic carbocycles. The van der Waals surface area contributed by atoms with Crippen LogP contribution in [-0.2, 0) is 0 Å². The Labute approximate surface area is 98.2 Å². The van der Waals surface area contributed by atoms with Crippen molar-refractivity contribution in [3.8, 4) is 17.2 Å². The summed E-state index contributed by atoms with van der Waals surface area (Å²) in [5.41, 5.74) is 0. The Hall–Kier alpha value is -1.87. The van der Waals surface area contributed by atoms with Gasteiger partial charge in [-0.3, -0.25) is 0 Å². The van der Waals surface area contributed by atoms with E-state index in [0.717, 1.165) is 0 Å². The van der Waals surface area contributed by atoms with Crippen LogP contribution >= 0.6 is 11.6 Å². The van der Waals surface area contributed by atoms with Crippen molar-refractivity contribution in [3.63, 3.8) is 0 Å². The Morgan fingerprint density at radius 3 is 1.62 bits per heavy atom. The molecule has 16 heavy (non-hydrogen) atoms. The SMILES string of the molecule is Oc1cccc(O)c1.Oc1ccccc1Cl. The van der Waals surface area contributed by atoms with Gasteiger partial charge in [0.1, 0.15) is 17.2 Å². The fraction of sp³-hybridized carbons (Fsp3) is 0. The van der Waals surface area contributed by atoms with Gasteiger partial charge in [-0.1, -0.05) is 29.8 Å². The van der Waals surface area contributed by atoms with Gasteiger partial charge >= 0.3 is 0 Å². The van der Waals surface area contributed by atoms with E-state index >= 15 is 0 Å². The third-order valence-corrected chi connectivity index (χ3v) is 2.00. The van der Waals surface area contributed by atoms with Gasteiger partial charge in [-0.2, -0.15) is 0 Å². The second-order valence-corrected chi connectivity index (χ2v) is 3.38. The lowest BCUT2D eigenvalue weighted by atomic mass is 10.3. The predicted molar refractivity (Wildman–Crippen MR) is 62.9 cm³/mol. The number of hydrogen-bond acceptors (Lipinski definition) is 3. The Morgan fingerprint density at radius 1 is 0.750 bits per heavy atom. The summed E-state index contributed by atoms with van der Waals surface area (Å²) < 4.78 is 0. The first-order chi connectivity index (χ1) is 7.59. The number of phenols is 3. The van der Waals surface area contributed by atoms with E-state index in [2.05, 4.69) is 0 Å². The van der Waals surface area contributed by atoms with Gasteiger partial charge in [0.2, 0.25) is 0 Å². The van der Waals surface area contributed by atoms with Crippen LogP contribution in [-0.4, -0.2) is 15.3 Å². The summed E-state index contributed by atoms with van der Waals surface area (Å²) in [7, 11) is 0. The Balaban J connectivity index is 0.000000160. The van der Waals surface area contributed by atoms with Crippen molar-refractivity contribution in [1.82, 2.24) is 0 Å². The zero-order chi connectivity index (χ0) is 12.0. The molecule has 0 saturated heterocycles. The average molecular weight is 239 g/mol. The summed E-state index contributed by atoms with van der Waals surface area (Å²) in [4.78, 5) is 0. The van der Waals surface area contributed by atoms with Gasteiger partial charge < -0.3 is 15.3 Å². The lowest BCUT2D eigenvalue weighted by Crippen LogP contribution is -1.62. The third-order valence-electron chi connectivity index (χ3n) is 1.68. The average Bonchev–Trinajstić information content (AvgIpc) is 2.23. The fourth-order valence-electron chi connectivity index (χ4n) is 0.945. The van der Waals surface area contributed by atoms with Gasteiger partial charge in [0.05, 0.1) is 5.02 Å². The fourth-order valence-corrected chi connectivity index (χ4v) is 1.08. The Bertz CT molecular complexity index is 419. The van der Waals surface area contributed by atoms with E-state index in [4.69, 9.17) is 26.9 Å². The summed E-state index contributed by atoms with van der Waals surface area (Å²) >= 11 is 5.46. The normalized spacial score (nSPS) is 9.06. The molecule has 0 aliphatic rings. The first kappa shape index (κ1) is 12.2. The van der Waals surface area contributed by atoms with Gasteiger partial charge in [-0.15, -0.1) is 0 Å². The molecule has 3 N–H and O–H groups in total. The number of aromatic hydroxyl groups is 3. The van der Waals surface area contributed by atoms with Crippen LogP contribution in [0.15, 0.2) is 48.5 Å². The molecule has 84 valence electrons. The topological polar surface area (TPSA) is 60.7 Å². The van der Waals surface area contributed by atoms with Crippen LogP contribution in [0.4, 0.5) is 0 Å². The lowest BCUT2D eigenvalue weighted by Gasteiger charge is -1.89. The molecule has 2 aromatic carbocycles.